The second-order valence-corrected chi connectivity index (χ2v) is 6.60. The summed E-state index contributed by atoms with van der Waals surface area (Å²) in [5.41, 5.74) is 1.07. The summed E-state index contributed by atoms with van der Waals surface area (Å²) < 4.78 is 18.3. The standard InChI is InChI=1S/C20H19FN2O5/c21-17-5-3-15(4-6-17)19(24)22-11-9-16(10-12-22)20(25)28-13-14-1-7-18(8-2-14)23(26)27/h1-8,16H,9-13H2. The van der Waals surface area contributed by atoms with Crippen molar-refractivity contribution < 1.29 is 23.6 Å². The Hall–Kier alpha value is -3.29. The number of benzene rings is 2. The summed E-state index contributed by atoms with van der Waals surface area (Å²) in [7, 11) is 0. The number of amides is 1. The highest BCUT2D eigenvalue weighted by Crippen LogP contribution is 2.21. The summed E-state index contributed by atoms with van der Waals surface area (Å²) in [4.78, 5) is 36.5. The molecular weight excluding hydrogens is 367 g/mol. The molecule has 0 N–H and O–H groups in total. The van der Waals surface area contributed by atoms with Crippen LogP contribution in [0.1, 0.15) is 28.8 Å². The van der Waals surface area contributed by atoms with E-state index in [1.54, 1.807) is 17.0 Å². The maximum Gasteiger partial charge on any atom is 0.309 e. The zero-order valence-corrected chi connectivity index (χ0v) is 15.0. The zero-order chi connectivity index (χ0) is 20.1. The average Bonchev–Trinajstić information content (AvgIpc) is 2.72. The van der Waals surface area contributed by atoms with Crippen molar-refractivity contribution in [1.82, 2.24) is 4.90 Å². The third-order valence-corrected chi connectivity index (χ3v) is 4.73. The quantitative estimate of drug-likeness (QED) is 0.447. The Morgan fingerprint density at radius 1 is 1.07 bits per heavy atom. The van der Waals surface area contributed by atoms with Crippen LogP contribution in [0.15, 0.2) is 48.5 Å². The van der Waals surface area contributed by atoms with Crippen molar-refractivity contribution in [3.05, 3.63) is 75.6 Å². The SMILES string of the molecule is O=C(OCc1ccc([N+](=O)[O-])cc1)C1CCN(C(=O)c2ccc(F)cc2)CC1. The highest BCUT2D eigenvalue weighted by molar-refractivity contribution is 5.94. The fraction of sp³-hybridized carbons (Fsp3) is 0.300. The van der Waals surface area contributed by atoms with Crippen molar-refractivity contribution in [3.63, 3.8) is 0 Å². The third-order valence-electron chi connectivity index (χ3n) is 4.73. The van der Waals surface area contributed by atoms with Gasteiger partial charge in [0.1, 0.15) is 12.4 Å². The first-order valence-corrected chi connectivity index (χ1v) is 8.89. The summed E-state index contributed by atoms with van der Waals surface area (Å²) in [5.74, 6) is -1.22. The molecule has 0 bridgehead atoms. The molecule has 1 amide bonds. The van der Waals surface area contributed by atoms with Crippen LogP contribution in [-0.2, 0) is 16.1 Å². The smallest absolute Gasteiger partial charge is 0.309 e. The number of rotatable bonds is 5. The van der Waals surface area contributed by atoms with E-state index in [1.807, 2.05) is 0 Å². The van der Waals surface area contributed by atoms with E-state index in [0.29, 0.717) is 37.1 Å². The van der Waals surface area contributed by atoms with Crippen LogP contribution in [0.3, 0.4) is 0 Å². The van der Waals surface area contributed by atoms with Crippen LogP contribution in [0, 0.1) is 21.8 Å². The Kier molecular flexibility index (Phi) is 5.98. The molecule has 0 radical (unpaired) electrons. The molecule has 8 heteroatoms. The number of nitro benzene ring substituents is 1. The number of nitro groups is 1. The monoisotopic (exact) mass is 386 g/mol. The van der Waals surface area contributed by atoms with E-state index in [4.69, 9.17) is 4.74 Å². The van der Waals surface area contributed by atoms with Crippen molar-refractivity contribution in [2.75, 3.05) is 13.1 Å². The molecule has 1 heterocycles. The van der Waals surface area contributed by atoms with Crippen molar-refractivity contribution in [3.8, 4) is 0 Å². The topological polar surface area (TPSA) is 89.8 Å². The highest BCUT2D eigenvalue weighted by Gasteiger charge is 2.28. The van der Waals surface area contributed by atoms with Gasteiger partial charge in [0.25, 0.3) is 11.6 Å². The molecule has 1 aliphatic rings. The summed E-state index contributed by atoms with van der Waals surface area (Å²) in [6.45, 7) is 0.895. The lowest BCUT2D eigenvalue weighted by molar-refractivity contribution is -0.384. The number of non-ortho nitro benzene ring substituents is 1. The molecule has 1 fully saturated rings. The fourth-order valence-corrected chi connectivity index (χ4v) is 3.08. The number of esters is 1. The van der Waals surface area contributed by atoms with Gasteiger partial charge in [-0.25, -0.2) is 4.39 Å². The molecule has 7 nitrogen and oxygen atoms in total. The van der Waals surface area contributed by atoms with Gasteiger partial charge < -0.3 is 9.64 Å². The first-order chi connectivity index (χ1) is 13.4. The number of ether oxygens (including phenoxy) is 1. The first-order valence-electron chi connectivity index (χ1n) is 8.89. The molecule has 0 spiro atoms. The molecule has 0 aromatic heterocycles. The van der Waals surface area contributed by atoms with Crippen LogP contribution >= 0.6 is 0 Å². The van der Waals surface area contributed by atoms with Gasteiger partial charge in [0.15, 0.2) is 0 Å². The minimum atomic E-state index is -0.489. The maximum atomic E-state index is 13.0. The minimum absolute atomic E-state index is 0.0201. The summed E-state index contributed by atoms with van der Waals surface area (Å²) in [6, 6.07) is 11.2. The molecular formula is C20H19FN2O5. The molecule has 146 valence electrons. The lowest BCUT2D eigenvalue weighted by Gasteiger charge is -2.31. The lowest BCUT2D eigenvalue weighted by atomic mass is 9.96. The predicted molar refractivity (Wildman–Crippen MR) is 97.9 cm³/mol. The maximum absolute atomic E-state index is 13.0. The molecule has 2 aromatic rings. The number of halogens is 1. The van der Waals surface area contributed by atoms with Crippen LogP contribution in [0.25, 0.3) is 0 Å². The van der Waals surface area contributed by atoms with Crippen molar-refractivity contribution in [1.29, 1.82) is 0 Å². The van der Waals surface area contributed by atoms with E-state index in [9.17, 15) is 24.1 Å². The van der Waals surface area contributed by atoms with Gasteiger partial charge in [-0.2, -0.15) is 0 Å². The largest absolute Gasteiger partial charge is 0.461 e. The van der Waals surface area contributed by atoms with Gasteiger partial charge in [0.2, 0.25) is 0 Å². The van der Waals surface area contributed by atoms with Crippen LogP contribution < -0.4 is 0 Å². The molecule has 1 aliphatic heterocycles. The van der Waals surface area contributed by atoms with Crippen LogP contribution in [0.5, 0.6) is 0 Å². The van der Waals surface area contributed by atoms with E-state index in [2.05, 4.69) is 0 Å². The third kappa shape index (κ3) is 4.70. The van der Waals surface area contributed by atoms with E-state index in [-0.39, 0.29) is 30.1 Å². The first kappa shape index (κ1) is 19.5. The summed E-state index contributed by atoms with van der Waals surface area (Å²) in [5, 5.41) is 10.6. The van der Waals surface area contributed by atoms with Crippen molar-refractivity contribution in [2.24, 2.45) is 5.92 Å². The Bertz CT molecular complexity index is 859. The summed E-state index contributed by atoms with van der Waals surface area (Å²) in [6.07, 6.45) is 0.984. The Labute approximate surface area is 160 Å². The Morgan fingerprint density at radius 3 is 2.25 bits per heavy atom. The minimum Gasteiger partial charge on any atom is -0.461 e. The Balaban J connectivity index is 1.47. The lowest BCUT2D eigenvalue weighted by Crippen LogP contribution is -2.40. The molecule has 2 aromatic carbocycles. The van der Waals surface area contributed by atoms with Gasteiger partial charge in [0, 0.05) is 30.8 Å². The molecule has 0 unspecified atom stereocenters. The summed E-state index contributed by atoms with van der Waals surface area (Å²) >= 11 is 0. The van der Waals surface area contributed by atoms with E-state index in [1.165, 1.54) is 36.4 Å². The highest BCUT2D eigenvalue weighted by atomic mass is 19.1. The number of carbonyl (C=O) groups excluding carboxylic acids is 2. The predicted octanol–water partition coefficient (Wildman–Crippen LogP) is 3.33. The van der Waals surface area contributed by atoms with Gasteiger partial charge in [-0.15, -0.1) is 0 Å². The average molecular weight is 386 g/mol. The molecule has 0 saturated carbocycles. The van der Waals surface area contributed by atoms with Crippen molar-refractivity contribution >= 4 is 17.6 Å². The number of hydrogen-bond acceptors (Lipinski definition) is 5. The van der Waals surface area contributed by atoms with Gasteiger partial charge >= 0.3 is 5.97 Å². The number of carbonyl (C=O) groups is 2. The van der Waals surface area contributed by atoms with Gasteiger partial charge in [0.05, 0.1) is 10.8 Å². The second-order valence-electron chi connectivity index (χ2n) is 6.60. The molecule has 0 atom stereocenters. The van der Waals surface area contributed by atoms with Crippen LogP contribution in [-0.4, -0.2) is 34.8 Å². The van der Waals surface area contributed by atoms with Crippen LogP contribution in [0.4, 0.5) is 10.1 Å². The van der Waals surface area contributed by atoms with E-state index >= 15 is 0 Å². The molecule has 3 rings (SSSR count). The second kappa shape index (κ2) is 8.60. The van der Waals surface area contributed by atoms with Gasteiger partial charge in [-0.1, -0.05) is 0 Å². The number of likely N-dealkylation sites (tertiary alicyclic amines) is 1. The van der Waals surface area contributed by atoms with Gasteiger partial charge in [-0.05, 0) is 54.8 Å². The number of nitrogens with zero attached hydrogens (tertiary/aromatic N) is 2. The zero-order valence-electron chi connectivity index (χ0n) is 15.0. The number of hydrogen-bond donors (Lipinski definition) is 0. The van der Waals surface area contributed by atoms with E-state index < -0.39 is 10.7 Å². The van der Waals surface area contributed by atoms with Crippen molar-refractivity contribution in [2.45, 2.75) is 19.4 Å². The number of piperidine rings is 1. The molecule has 1 saturated heterocycles. The van der Waals surface area contributed by atoms with Crippen LogP contribution in [0.2, 0.25) is 0 Å². The Morgan fingerprint density at radius 2 is 1.68 bits per heavy atom. The van der Waals surface area contributed by atoms with E-state index in [0.717, 1.165) is 0 Å². The normalized spacial score (nSPS) is 14.5. The van der Waals surface area contributed by atoms with Gasteiger partial charge in [-0.3, -0.25) is 19.7 Å². The fourth-order valence-electron chi connectivity index (χ4n) is 3.08. The molecule has 28 heavy (non-hydrogen) atoms. The molecule has 0 aliphatic carbocycles.